The highest BCUT2D eigenvalue weighted by atomic mass is 79.9. The van der Waals surface area contributed by atoms with Gasteiger partial charge >= 0.3 is 6.09 Å². The first-order chi connectivity index (χ1) is 9.06. The van der Waals surface area contributed by atoms with Gasteiger partial charge in [-0.05, 0) is 38.5 Å². The normalized spacial score (nSPS) is 24.1. The highest BCUT2D eigenvalue weighted by molar-refractivity contribution is 9.10. The van der Waals surface area contributed by atoms with E-state index in [0.29, 0.717) is 5.56 Å². The number of ether oxygens (including phenoxy) is 1. The number of hydrogen-bond donors (Lipinski definition) is 1. The molecule has 1 aromatic carbocycles. The summed E-state index contributed by atoms with van der Waals surface area (Å²) >= 11 is 3.25. The molecule has 0 bridgehead atoms. The van der Waals surface area contributed by atoms with E-state index in [9.17, 15) is 13.6 Å². The van der Waals surface area contributed by atoms with Crippen LogP contribution in [0.4, 0.5) is 13.6 Å². The quantitative estimate of drug-likeness (QED) is 0.870. The predicted octanol–water partition coefficient (Wildman–Crippen LogP) is 4.21. The first kappa shape index (κ1) is 15.2. The van der Waals surface area contributed by atoms with E-state index < -0.39 is 29.6 Å². The number of halogens is 3. The van der Waals surface area contributed by atoms with Crippen molar-refractivity contribution in [1.82, 2.24) is 5.32 Å². The molecule has 1 N–H and O–H groups in total. The van der Waals surface area contributed by atoms with Crippen LogP contribution >= 0.6 is 15.9 Å². The molecular weight excluding hydrogens is 332 g/mol. The molecule has 3 nitrogen and oxygen atoms in total. The van der Waals surface area contributed by atoms with Gasteiger partial charge in [0.2, 0.25) is 0 Å². The molecule has 1 saturated carbocycles. The third-order valence-electron chi connectivity index (χ3n) is 3.04. The molecule has 1 amide bonds. The molecule has 0 aliphatic heterocycles. The minimum Gasteiger partial charge on any atom is -0.444 e. The highest BCUT2D eigenvalue weighted by Crippen LogP contribution is 2.59. The van der Waals surface area contributed by atoms with Crippen molar-refractivity contribution in [3.8, 4) is 0 Å². The molecular formula is C14H16BrF2NO2. The fourth-order valence-electron chi connectivity index (χ4n) is 2.02. The Morgan fingerprint density at radius 3 is 2.20 bits per heavy atom. The Hall–Kier alpha value is -1.17. The van der Waals surface area contributed by atoms with Crippen LogP contribution in [0.15, 0.2) is 28.7 Å². The summed E-state index contributed by atoms with van der Waals surface area (Å²) in [4.78, 5) is 11.8. The van der Waals surface area contributed by atoms with Gasteiger partial charge in [-0.25, -0.2) is 13.6 Å². The lowest BCUT2D eigenvalue weighted by Crippen LogP contribution is -2.42. The maximum atomic E-state index is 13.7. The van der Waals surface area contributed by atoms with Gasteiger partial charge in [0.05, 0.1) is 0 Å². The number of benzene rings is 1. The summed E-state index contributed by atoms with van der Waals surface area (Å²) in [6.45, 7) is 5.05. The van der Waals surface area contributed by atoms with Gasteiger partial charge in [-0.1, -0.05) is 28.1 Å². The van der Waals surface area contributed by atoms with Crippen molar-refractivity contribution in [2.24, 2.45) is 0 Å². The minimum atomic E-state index is -2.96. The minimum absolute atomic E-state index is 0.372. The Morgan fingerprint density at radius 1 is 1.30 bits per heavy atom. The predicted molar refractivity (Wildman–Crippen MR) is 74.8 cm³/mol. The number of hydrogen-bond acceptors (Lipinski definition) is 2. The summed E-state index contributed by atoms with van der Waals surface area (Å²) in [5.74, 6) is -2.96. The van der Waals surface area contributed by atoms with Crippen LogP contribution in [-0.2, 0) is 10.3 Å². The molecule has 0 spiro atoms. The van der Waals surface area contributed by atoms with Gasteiger partial charge in [0.1, 0.15) is 11.1 Å². The van der Waals surface area contributed by atoms with E-state index in [-0.39, 0.29) is 0 Å². The molecule has 0 radical (unpaired) electrons. The van der Waals surface area contributed by atoms with Crippen LogP contribution in [0.2, 0.25) is 0 Å². The summed E-state index contributed by atoms with van der Waals surface area (Å²) in [7, 11) is 0. The fraction of sp³-hybridized carbons (Fsp3) is 0.500. The molecule has 1 aliphatic carbocycles. The summed E-state index contributed by atoms with van der Waals surface area (Å²) in [5, 5.41) is 2.32. The van der Waals surface area contributed by atoms with Crippen LogP contribution in [0, 0.1) is 0 Å². The van der Waals surface area contributed by atoms with Crippen LogP contribution in [0.25, 0.3) is 0 Å². The second-order valence-corrected chi connectivity index (χ2v) is 6.84. The molecule has 0 aromatic heterocycles. The lowest BCUT2D eigenvalue weighted by molar-refractivity contribution is 0.0358. The Kier molecular flexibility index (Phi) is 3.57. The maximum absolute atomic E-state index is 13.7. The van der Waals surface area contributed by atoms with Gasteiger partial charge in [0.15, 0.2) is 0 Å². The van der Waals surface area contributed by atoms with Crippen LogP contribution in [0.3, 0.4) is 0 Å². The average Bonchev–Trinajstić information content (AvgIpc) is 2.79. The summed E-state index contributed by atoms with van der Waals surface area (Å²) in [6.07, 6.45) is -1.25. The number of nitrogens with one attached hydrogen (secondary N) is 1. The van der Waals surface area contributed by atoms with Gasteiger partial charge in [0, 0.05) is 10.9 Å². The SMILES string of the molecule is CC(C)(C)OC(=O)NC1(c2ccc(Br)cc2)CC1(F)F. The van der Waals surface area contributed by atoms with Gasteiger partial charge in [-0.3, -0.25) is 0 Å². The lowest BCUT2D eigenvalue weighted by atomic mass is 10.0. The summed E-state index contributed by atoms with van der Waals surface area (Å²) in [6, 6.07) is 6.48. The second kappa shape index (κ2) is 4.69. The molecule has 1 unspecified atom stereocenters. The third-order valence-corrected chi connectivity index (χ3v) is 3.57. The molecule has 6 heteroatoms. The van der Waals surface area contributed by atoms with Gasteiger partial charge in [-0.2, -0.15) is 0 Å². The number of rotatable bonds is 2. The van der Waals surface area contributed by atoms with Crippen LogP contribution in [0.5, 0.6) is 0 Å². The number of amides is 1. The lowest BCUT2D eigenvalue weighted by Gasteiger charge is -2.24. The van der Waals surface area contributed by atoms with E-state index in [1.807, 2.05) is 0 Å². The van der Waals surface area contributed by atoms with Crippen molar-refractivity contribution >= 4 is 22.0 Å². The molecule has 0 saturated heterocycles. The van der Waals surface area contributed by atoms with E-state index in [1.54, 1.807) is 45.0 Å². The van der Waals surface area contributed by atoms with E-state index in [4.69, 9.17) is 4.74 Å². The summed E-state index contributed by atoms with van der Waals surface area (Å²) < 4.78 is 33.3. The Bertz CT molecular complexity index is 525. The Morgan fingerprint density at radius 2 is 1.80 bits per heavy atom. The standard InChI is InChI=1S/C14H16BrF2NO2/c1-12(2,3)20-11(19)18-13(8-14(13,16)17)9-4-6-10(15)7-5-9/h4-7H,8H2,1-3H3,(H,18,19). The molecule has 2 rings (SSSR count). The molecule has 20 heavy (non-hydrogen) atoms. The Balaban J connectivity index is 2.20. The van der Waals surface area contributed by atoms with E-state index >= 15 is 0 Å². The molecule has 1 fully saturated rings. The molecule has 1 atom stereocenters. The van der Waals surface area contributed by atoms with Crippen LogP contribution < -0.4 is 5.32 Å². The highest BCUT2D eigenvalue weighted by Gasteiger charge is 2.73. The first-order valence-corrected chi connectivity index (χ1v) is 7.00. The van der Waals surface area contributed by atoms with Crippen LogP contribution in [0.1, 0.15) is 32.8 Å². The third kappa shape index (κ3) is 2.95. The Labute approximate surface area is 124 Å². The first-order valence-electron chi connectivity index (χ1n) is 6.21. The fourth-order valence-corrected chi connectivity index (χ4v) is 2.29. The largest absolute Gasteiger partial charge is 0.444 e. The number of alkyl halides is 2. The van der Waals surface area contributed by atoms with E-state index in [0.717, 1.165) is 4.47 Å². The van der Waals surface area contributed by atoms with Gasteiger partial charge in [0.25, 0.3) is 5.92 Å². The maximum Gasteiger partial charge on any atom is 0.408 e. The number of alkyl carbamates (subject to hydrolysis) is 1. The summed E-state index contributed by atoms with van der Waals surface area (Å²) in [5.41, 5.74) is -2.01. The monoisotopic (exact) mass is 347 g/mol. The zero-order valence-corrected chi connectivity index (χ0v) is 13.1. The zero-order valence-electron chi connectivity index (χ0n) is 11.5. The van der Waals surface area contributed by atoms with Crippen LogP contribution in [-0.4, -0.2) is 17.6 Å². The van der Waals surface area contributed by atoms with Crippen molar-refractivity contribution < 1.29 is 18.3 Å². The van der Waals surface area contributed by atoms with Crippen molar-refractivity contribution in [2.75, 3.05) is 0 Å². The van der Waals surface area contributed by atoms with Gasteiger partial charge in [-0.15, -0.1) is 0 Å². The van der Waals surface area contributed by atoms with Crippen molar-refractivity contribution in [3.05, 3.63) is 34.3 Å². The molecule has 1 aromatic rings. The topological polar surface area (TPSA) is 38.3 Å². The molecule has 1 aliphatic rings. The number of carbonyl (C=O) groups is 1. The van der Waals surface area contributed by atoms with E-state index in [1.165, 1.54) is 0 Å². The second-order valence-electron chi connectivity index (χ2n) is 5.92. The molecule has 0 heterocycles. The van der Waals surface area contributed by atoms with E-state index in [2.05, 4.69) is 21.2 Å². The van der Waals surface area contributed by atoms with Crippen molar-refractivity contribution in [1.29, 1.82) is 0 Å². The number of carbonyl (C=O) groups excluding carboxylic acids is 1. The average molecular weight is 348 g/mol. The zero-order chi connectivity index (χ0) is 15.2. The smallest absolute Gasteiger partial charge is 0.408 e. The van der Waals surface area contributed by atoms with Crippen molar-refractivity contribution in [3.63, 3.8) is 0 Å². The van der Waals surface area contributed by atoms with Gasteiger partial charge < -0.3 is 10.1 Å². The molecule has 110 valence electrons. The van der Waals surface area contributed by atoms with Crippen molar-refractivity contribution in [2.45, 2.75) is 44.3 Å².